The third kappa shape index (κ3) is 6.86. The van der Waals surface area contributed by atoms with E-state index in [0.717, 1.165) is 74.0 Å². The van der Waals surface area contributed by atoms with Gasteiger partial charge in [0.1, 0.15) is 17.3 Å². The van der Waals surface area contributed by atoms with Gasteiger partial charge in [0, 0.05) is 63.8 Å². The van der Waals surface area contributed by atoms with Crippen LogP contribution in [0.3, 0.4) is 0 Å². The number of nitrogens with one attached hydrogen (secondary N) is 1. The van der Waals surface area contributed by atoms with Crippen LogP contribution in [-0.4, -0.2) is 73.7 Å². The lowest BCUT2D eigenvalue weighted by molar-refractivity contribution is 0.306. The van der Waals surface area contributed by atoms with Crippen molar-refractivity contribution in [1.29, 1.82) is 0 Å². The Kier molecular flexibility index (Phi) is 10.4. The maximum absolute atomic E-state index is 5.79. The number of benzene rings is 1. The van der Waals surface area contributed by atoms with E-state index in [0.29, 0.717) is 6.61 Å². The van der Waals surface area contributed by atoms with Crippen LogP contribution in [0.1, 0.15) is 19.2 Å². The van der Waals surface area contributed by atoms with Gasteiger partial charge in [-0.15, -0.1) is 24.0 Å². The molecule has 2 aromatic rings. The van der Waals surface area contributed by atoms with E-state index in [4.69, 9.17) is 9.47 Å². The first-order valence-electron chi connectivity index (χ1n) is 10.0. The summed E-state index contributed by atoms with van der Waals surface area (Å²) in [5.74, 6) is 3.51. The molecule has 30 heavy (non-hydrogen) atoms. The van der Waals surface area contributed by atoms with Crippen LogP contribution < -0.4 is 19.7 Å². The average Bonchev–Trinajstić information content (AvgIpc) is 3.26. The van der Waals surface area contributed by atoms with Crippen molar-refractivity contribution in [3.8, 4) is 11.5 Å². The Balaban J connectivity index is 0.00000320. The molecule has 0 unspecified atom stereocenters. The summed E-state index contributed by atoms with van der Waals surface area (Å²) in [6, 6.07) is 7.67. The van der Waals surface area contributed by atoms with E-state index in [1.807, 2.05) is 31.3 Å². The lowest BCUT2D eigenvalue weighted by atomic mass is 10.3. The van der Waals surface area contributed by atoms with Gasteiger partial charge in [-0.1, -0.05) is 13.0 Å². The van der Waals surface area contributed by atoms with Crippen LogP contribution in [0, 0.1) is 0 Å². The van der Waals surface area contributed by atoms with E-state index in [9.17, 15) is 0 Å². The second-order valence-electron chi connectivity index (χ2n) is 6.68. The van der Waals surface area contributed by atoms with Crippen LogP contribution in [0.2, 0.25) is 0 Å². The Morgan fingerprint density at radius 1 is 1.23 bits per heavy atom. The molecule has 0 amide bonds. The molecular weight excluding hydrogens is 515 g/mol. The molecule has 1 aromatic carbocycles. The average molecular weight is 546 g/mol. The summed E-state index contributed by atoms with van der Waals surface area (Å²) in [7, 11) is 3.49. The number of aryl methyl sites for hydroxylation is 1. The SMILES string of the molecule is CCc1nsc(N2CCN(C(=NC)NCCCOc3cccc(OC)c3)CC2)n1.I. The maximum atomic E-state index is 5.79. The van der Waals surface area contributed by atoms with E-state index in [1.54, 1.807) is 7.11 Å². The Morgan fingerprint density at radius 2 is 2.00 bits per heavy atom. The molecular formula is C20H31IN6O2S. The zero-order valence-electron chi connectivity index (χ0n) is 17.8. The van der Waals surface area contributed by atoms with Crippen LogP contribution in [-0.2, 0) is 6.42 Å². The normalized spacial score (nSPS) is 14.3. The van der Waals surface area contributed by atoms with Crippen LogP contribution in [0.4, 0.5) is 5.13 Å². The van der Waals surface area contributed by atoms with Gasteiger partial charge in [-0.25, -0.2) is 4.98 Å². The third-order valence-corrected chi connectivity index (χ3v) is 5.56. The molecule has 0 spiro atoms. The number of ether oxygens (including phenoxy) is 2. The number of aromatic nitrogens is 2. The molecule has 1 fully saturated rings. The number of piperazine rings is 1. The van der Waals surface area contributed by atoms with Gasteiger partial charge in [-0.3, -0.25) is 4.99 Å². The van der Waals surface area contributed by atoms with Crippen LogP contribution in [0.5, 0.6) is 11.5 Å². The highest BCUT2D eigenvalue weighted by Crippen LogP contribution is 2.20. The van der Waals surface area contributed by atoms with Crippen molar-refractivity contribution >= 4 is 46.6 Å². The van der Waals surface area contributed by atoms with Gasteiger partial charge < -0.3 is 24.6 Å². The van der Waals surface area contributed by atoms with Crippen molar-refractivity contribution < 1.29 is 9.47 Å². The number of hydrogen-bond acceptors (Lipinski definition) is 7. The lowest BCUT2D eigenvalue weighted by Crippen LogP contribution is -2.52. The fourth-order valence-corrected chi connectivity index (χ4v) is 3.91. The molecule has 1 aliphatic heterocycles. The van der Waals surface area contributed by atoms with E-state index in [-0.39, 0.29) is 24.0 Å². The number of halogens is 1. The molecule has 0 bridgehead atoms. The van der Waals surface area contributed by atoms with Gasteiger partial charge in [0.05, 0.1) is 13.7 Å². The first-order chi connectivity index (χ1) is 14.2. The third-order valence-electron chi connectivity index (χ3n) is 4.75. The highest BCUT2D eigenvalue weighted by atomic mass is 127. The van der Waals surface area contributed by atoms with Crippen molar-refractivity contribution in [2.45, 2.75) is 19.8 Å². The summed E-state index contributed by atoms with van der Waals surface area (Å²) in [5.41, 5.74) is 0. The zero-order chi connectivity index (χ0) is 20.5. The summed E-state index contributed by atoms with van der Waals surface area (Å²) >= 11 is 1.49. The standard InChI is InChI=1S/C20H30N6O2S.HI/c1-4-18-23-20(29-24-18)26-12-10-25(11-13-26)19(21-2)22-9-6-14-28-17-8-5-7-16(15-17)27-3;/h5,7-8,15H,4,6,9-14H2,1-3H3,(H,21,22);1H. The highest BCUT2D eigenvalue weighted by molar-refractivity contribution is 14.0. The summed E-state index contributed by atoms with van der Waals surface area (Å²) in [5, 5.41) is 4.47. The molecule has 3 rings (SSSR count). The lowest BCUT2D eigenvalue weighted by Gasteiger charge is -2.36. The minimum absolute atomic E-state index is 0. The van der Waals surface area contributed by atoms with Crippen molar-refractivity contribution in [2.75, 3.05) is 58.4 Å². The second kappa shape index (κ2) is 12.8. The largest absolute Gasteiger partial charge is 0.497 e. The first-order valence-corrected chi connectivity index (χ1v) is 10.8. The molecule has 10 heteroatoms. The maximum Gasteiger partial charge on any atom is 0.205 e. The Hall–Kier alpha value is -1.82. The number of nitrogens with zero attached hydrogens (tertiary/aromatic N) is 5. The number of anilines is 1. The summed E-state index contributed by atoms with van der Waals surface area (Å²) in [6.07, 6.45) is 1.77. The van der Waals surface area contributed by atoms with Crippen LogP contribution in [0.15, 0.2) is 29.3 Å². The minimum Gasteiger partial charge on any atom is -0.497 e. The first kappa shape index (κ1) is 24.4. The van der Waals surface area contributed by atoms with Gasteiger partial charge in [0.15, 0.2) is 5.96 Å². The molecule has 1 saturated heterocycles. The monoisotopic (exact) mass is 546 g/mol. The molecule has 166 valence electrons. The summed E-state index contributed by atoms with van der Waals surface area (Å²) in [4.78, 5) is 13.6. The molecule has 2 heterocycles. The Bertz CT molecular complexity index is 795. The Labute approximate surface area is 199 Å². The van der Waals surface area contributed by atoms with E-state index >= 15 is 0 Å². The quantitative estimate of drug-likeness (QED) is 0.236. The van der Waals surface area contributed by atoms with E-state index in [1.165, 1.54) is 11.5 Å². The predicted molar refractivity (Wildman–Crippen MR) is 133 cm³/mol. The van der Waals surface area contributed by atoms with Crippen molar-refractivity contribution in [3.05, 3.63) is 30.1 Å². The van der Waals surface area contributed by atoms with E-state index < -0.39 is 0 Å². The van der Waals surface area contributed by atoms with Crippen molar-refractivity contribution in [1.82, 2.24) is 19.6 Å². The molecule has 0 radical (unpaired) electrons. The highest BCUT2D eigenvalue weighted by Gasteiger charge is 2.21. The van der Waals surface area contributed by atoms with Gasteiger partial charge in [-0.2, -0.15) is 4.37 Å². The van der Waals surface area contributed by atoms with Gasteiger partial charge in [0.2, 0.25) is 5.13 Å². The number of guanidine groups is 1. The topological polar surface area (TPSA) is 75.1 Å². The number of methoxy groups -OCH3 is 1. The number of aliphatic imine (C=N–C) groups is 1. The summed E-state index contributed by atoms with van der Waals surface area (Å²) in [6.45, 7) is 7.23. The van der Waals surface area contributed by atoms with Gasteiger partial charge >= 0.3 is 0 Å². The molecule has 0 saturated carbocycles. The Morgan fingerprint density at radius 3 is 2.67 bits per heavy atom. The molecule has 0 atom stereocenters. The summed E-state index contributed by atoms with van der Waals surface area (Å²) < 4.78 is 15.4. The zero-order valence-corrected chi connectivity index (χ0v) is 21.0. The van der Waals surface area contributed by atoms with Gasteiger partial charge in [-0.05, 0) is 18.6 Å². The van der Waals surface area contributed by atoms with Crippen LogP contribution in [0.25, 0.3) is 0 Å². The predicted octanol–water partition coefficient (Wildman–Crippen LogP) is 2.89. The minimum atomic E-state index is 0. The fraction of sp³-hybridized carbons (Fsp3) is 0.550. The molecule has 1 aromatic heterocycles. The van der Waals surface area contributed by atoms with Crippen molar-refractivity contribution in [2.24, 2.45) is 4.99 Å². The van der Waals surface area contributed by atoms with E-state index in [2.05, 4.69) is 36.4 Å². The second-order valence-corrected chi connectivity index (χ2v) is 7.41. The van der Waals surface area contributed by atoms with Gasteiger partial charge in [0.25, 0.3) is 0 Å². The molecule has 1 N–H and O–H groups in total. The molecule has 8 nitrogen and oxygen atoms in total. The smallest absolute Gasteiger partial charge is 0.205 e. The van der Waals surface area contributed by atoms with Crippen LogP contribution >= 0.6 is 35.5 Å². The van der Waals surface area contributed by atoms with Crippen molar-refractivity contribution in [3.63, 3.8) is 0 Å². The number of rotatable bonds is 8. The molecule has 1 aliphatic rings. The fourth-order valence-electron chi connectivity index (χ4n) is 3.11. The number of hydrogen-bond donors (Lipinski definition) is 1. The molecule has 0 aliphatic carbocycles.